The van der Waals surface area contributed by atoms with E-state index in [1.807, 2.05) is 35.2 Å². The van der Waals surface area contributed by atoms with E-state index in [9.17, 15) is 4.79 Å². The van der Waals surface area contributed by atoms with E-state index in [-0.39, 0.29) is 5.91 Å². The molecule has 1 aliphatic heterocycles. The Labute approximate surface area is 136 Å². The van der Waals surface area contributed by atoms with E-state index in [1.54, 1.807) is 11.3 Å². The summed E-state index contributed by atoms with van der Waals surface area (Å²) in [7, 11) is 0. The highest BCUT2D eigenvalue weighted by Crippen LogP contribution is 2.27. The fraction of sp³-hybridized carbons (Fsp3) is 0.444. The average Bonchev–Trinajstić information content (AvgIpc) is 3.09. The topological polar surface area (TPSA) is 33.2 Å². The van der Waals surface area contributed by atoms with Crippen molar-refractivity contribution in [3.63, 3.8) is 0 Å². The van der Waals surface area contributed by atoms with Crippen molar-refractivity contribution in [1.29, 1.82) is 0 Å². The highest BCUT2D eigenvalue weighted by Gasteiger charge is 2.28. The third-order valence-electron chi connectivity index (χ3n) is 4.66. The second-order valence-corrected chi connectivity index (χ2v) is 6.83. The minimum atomic E-state index is 0.155. The van der Waals surface area contributed by atoms with Gasteiger partial charge in [-0.15, -0.1) is 11.3 Å². The van der Waals surface area contributed by atoms with Crippen molar-refractivity contribution in [1.82, 2.24) is 9.88 Å². The van der Waals surface area contributed by atoms with Crippen LogP contribution in [0.15, 0.2) is 35.2 Å². The maximum atomic E-state index is 12.9. The summed E-state index contributed by atoms with van der Waals surface area (Å²) >= 11 is 1.57. The molecule has 0 aliphatic carbocycles. The van der Waals surface area contributed by atoms with Crippen LogP contribution in [-0.2, 0) is 0 Å². The zero-order chi connectivity index (χ0) is 15.5. The molecule has 116 valence electrons. The van der Waals surface area contributed by atoms with E-state index in [0.29, 0.717) is 12.0 Å². The van der Waals surface area contributed by atoms with Crippen LogP contribution in [0.1, 0.15) is 43.5 Å². The van der Waals surface area contributed by atoms with Crippen LogP contribution in [0.2, 0.25) is 0 Å². The van der Waals surface area contributed by atoms with Crippen molar-refractivity contribution in [2.24, 2.45) is 5.92 Å². The van der Waals surface area contributed by atoms with Crippen LogP contribution < -0.4 is 0 Å². The van der Waals surface area contributed by atoms with Gasteiger partial charge in [0.05, 0.1) is 11.2 Å². The Morgan fingerprint density at radius 2 is 2.27 bits per heavy atom. The second kappa shape index (κ2) is 6.61. The van der Waals surface area contributed by atoms with Crippen molar-refractivity contribution in [2.45, 2.75) is 39.2 Å². The largest absolute Gasteiger partial charge is 0.336 e. The van der Waals surface area contributed by atoms with Gasteiger partial charge in [-0.05, 0) is 37.8 Å². The lowest BCUT2D eigenvalue weighted by atomic mass is 9.91. The van der Waals surface area contributed by atoms with Crippen LogP contribution in [0.25, 0.3) is 11.3 Å². The number of carbonyl (C=O) groups excluding carboxylic acids is 1. The van der Waals surface area contributed by atoms with E-state index in [1.165, 1.54) is 6.42 Å². The van der Waals surface area contributed by atoms with Crippen LogP contribution in [0.4, 0.5) is 0 Å². The summed E-state index contributed by atoms with van der Waals surface area (Å²) in [6.07, 6.45) is 3.49. The molecular weight excluding hydrogens is 292 g/mol. The molecule has 2 atom stereocenters. The number of likely N-dealkylation sites (tertiary alicyclic amines) is 1. The number of thiazole rings is 1. The number of amides is 1. The predicted molar refractivity (Wildman–Crippen MR) is 91.1 cm³/mol. The quantitative estimate of drug-likeness (QED) is 0.838. The molecule has 1 saturated heterocycles. The molecule has 3 nitrogen and oxygen atoms in total. The first kappa shape index (κ1) is 15.2. The Morgan fingerprint density at radius 3 is 3.00 bits per heavy atom. The van der Waals surface area contributed by atoms with Crippen molar-refractivity contribution in [2.75, 3.05) is 6.54 Å². The van der Waals surface area contributed by atoms with Crippen molar-refractivity contribution < 1.29 is 4.79 Å². The Kier molecular flexibility index (Phi) is 4.57. The number of hydrogen-bond acceptors (Lipinski definition) is 3. The fourth-order valence-corrected chi connectivity index (χ4v) is 3.69. The maximum Gasteiger partial charge on any atom is 0.254 e. The smallest absolute Gasteiger partial charge is 0.254 e. The van der Waals surface area contributed by atoms with Crippen LogP contribution >= 0.6 is 11.3 Å². The summed E-state index contributed by atoms with van der Waals surface area (Å²) < 4.78 is 0. The van der Waals surface area contributed by atoms with Gasteiger partial charge in [0.1, 0.15) is 0 Å². The Bertz CT molecular complexity index is 638. The van der Waals surface area contributed by atoms with E-state index in [4.69, 9.17) is 0 Å². The highest BCUT2D eigenvalue weighted by atomic mass is 32.1. The zero-order valence-electron chi connectivity index (χ0n) is 13.2. The summed E-state index contributed by atoms with van der Waals surface area (Å²) in [5.74, 6) is 0.796. The monoisotopic (exact) mass is 314 g/mol. The predicted octanol–water partition coefficient (Wildman–Crippen LogP) is 4.46. The van der Waals surface area contributed by atoms with Gasteiger partial charge < -0.3 is 4.90 Å². The number of carbonyl (C=O) groups is 1. The molecule has 1 aromatic heterocycles. The molecule has 4 heteroatoms. The normalized spacial score (nSPS) is 21.8. The SMILES string of the molecule is CC[C@@H]1CC[C@@H](C)N(C(=O)c2cccc(-c3cscn3)c2)C1. The van der Waals surface area contributed by atoms with Crippen LogP contribution in [0, 0.1) is 5.92 Å². The van der Waals surface area contributed by atoms with Crippen molar-refractivity contribution in [3.05, 3.63) is 40.7 Å². The van der Waals surface area contributed by atoms with Crippen LogP contribution in [-0.4, -0.2) is 28.4 Å². The average molecular weight is 314 g/mol. The fourth-order valence-electron chi connectivity index (χ4n) is 3.13. The molecule has 2 aromatic rings. The first-order chi connectivity index (χ1) is 10.7. The van der Waals surface area contributed by atoms with Gasteiger partial charge in [0.2, 0.25) is 0 Å². The Balaban J connectivity index is 1.84. The van der Waals surface area contributed by atoms with Gasteiger partial charge in [-0.1, -0.05) is 25.5 Å². The van der Waals surface area contributed by atoms with E-state index < -0.39 is 0 Å². The molecule has 0 spiro atoms. The summed E-state index contributed by atoms with van der Waals surface area (Å²) in [5, 5.41) is 2.01. The van der Waals surface area contributed by atoms with E-state index in [0.717, 1.165) is 36.2 Å². The number of piperidine rings is 1. The van der Waals surface area contributed by atoms with Gasteiger partial charge in [-0.25, -0.2) is 4.98 Å². The molecular formula is C18H22N2OS. The molecule has 0 saturated carbocycles. The number of rotatable bonds is 3. The highest BCUT2D eigenvalue weighted by molar-refractivity contribution is 7.07. The van der Waals surface area contributed by atoms with Crippen molar-refractivity contribution >= 4 is 17.2 Å². The molecule has 3 rings (SSSR count). The third kappa shape index (κ3) is 3.07. The molecule has 0 N–H and O–H groups in total. The first-order valence-electron chi connectivity index (χ1n) is 7.98. The molecule has 1 fully saturated rings. The van der Waals surface area contributed by atoms with Gasteiger partial charge in [0, 0.05) is 29.1 Å². The van der Waals surface area contributed by atoms with Gasteiger partial charge in [0.25, 0.3) is 5.91 Å². The number of hydrogen-bond donors (Lipinski definition) is 0. The summed E-state index contributed by atoms with van der Waals surface area (Å²) in [4.78, 5) is 19.3. The van der Waals surface area contributed by atoms with Gasteiger partial charge in [-0.3, -0.25) is 4.79 Å². The minimum absolute atomic E-state index is 0.155. The Hall–Kier alpha value is -1.68. The number of nitrogens with zero attached hydrogens (tertiary/aromatic N) is 2. The molecule has 0 radical (unpaired) electrons. The van der Waals surface area contributed by atoms with Gasteiger partial charge >= 0.3 is 0 Å². The van der Waals surface area contributed by atoms with Crippen LogP contribution in [0.3, 0.4) is 0 Å². The second-order valence-electron chi connectivity index (χ2n) is 6.11. The number of aromatic nitrogens is 1. The zero-order valence-corrected chi connectivity index (χ0v) is 14.0. The lowest BCUT2D eigenvalue weighted by molar-refractivity contribution is 0.0557. The molecule has 1 aromatic carbocycles. The van der Waals surface area contributed by atoms with Gasteiger partial charge in [0.15, 0.2) is 0 Å². The molecule has 0 bridgehead atoms. The summed E-state index contributed by atoms with van der Waals surface area (Å²) in [5.41, 5.74) is 4.55. The lowest BCUT2D eigenvalue weighted by Gasteiger charge is -2.38. The molecule has 0 unspecified atom stereocenters. The summed E-state index contributed by atoms with van der Waals surface area (Å²) in [6, 6.07) is 8.19. The first-order valence-corrected chi connectivity index (χ1v) is 8.93. The third-order valence-corrected chi connectivity index (χ3v) is 5.24. The lowest BCUT2D eigenvalue weighted by Crippen LogP contribution is -2.45. The molecule has 1 aliphatic rings. The van der Waals surface area contributed by atoms with Crippen LogP contribution in [0.5, 0.6) is 0 Å². The molecule has 22 heavy (non-hydrogen) atoms. The van der Waals surface area contributed by atoms with E-state index in [2.05, 4.69) is 23.7 Å². The van der Waals surface area contributed by atoms with Gasteiger partial charge in [-0.2, -0.15) is 0 Å². The minimum Gasteiger partial charge on any atom is -0.336 e. The van der Waals surface area contributed by atoms with E-state index >= 15 is 0 Å². The standard InChI is InChI=1S/C18H22N2OS/c1-3-14-8-7-13(2)20(10-14)18(21)16-6-4-5-15(9-16)17-11-22-12-19-17/h4-6,9,11-14H,3,7-8,10H2,1-2H3/t13-,14-/m1/s1. The van der Waals surface area contributed by atoms with Crippen molar-refractivity contribution in [3.8, 4) is 11.3 Å². The Morgan fingerprint density at radius 1 is 1.41 bits per heavy atom. The molecule has 1 amide bonds. The number of benzene rings is 1. The summed E-state index contributed by atoms with van der Waals surface area (Å²) in [6.45, 7) is 5.26. The molecule has 2 heterocycles. The maximum absolute atomic E-state index is 12.9.